The van der Waals surface area contributed by atoms with Gasteiger partial charge in [0.25, 0.3) is 0 Å². The molecule has 1 unspecified atom stereocenters. The molecule has 1 aliphatic rings. The Morgan fingerprint density at radius 2 is 2.00 bits per heavy atom. The number of hydrogen-bond acceptors (Lipinski definition) is 2. The zero-order valence-corrected chi connectivity index (χ0v) is 12.5. The lowest BCUT2D eigenvalue weighted by Gasteiger charge is -2.41. The zero-order valence-electron chi connectivity index (χ0n) is 11.6. The van der Waals surface area contributed by atoms with Crippen LogP contribution in [-0.4, -0.2) is 29.9 Å². The molecule has 19 heavy (non-hydrogen) atoms. The summed E-state index contributed by atoms with van der Waals surface area (Å²) in [5, 5.41) is 0. The Balaban J connectivity index is 0.00000180. The van der Waals surface area contributed by atoms with Gasteiger partial charge in [-0.25, -0.2) is 0 Å². The van der Waals surface area contributed by atoms with Crippen molar-refractivity contribution in [3.05, 3.63) is 35.9 Å². The first kappa shape index (κ1) is 16.0. The summed E-state index contributed by atoms with van der Waals surface area (Å²) in [5.41, 5.74) is 7.07. The second-order valence-corrected chi connectivity index (χ2v) is 5.58. The second-order valence-electron chi connectivity index (χ2n) is 5.58. The Kier molecular flexibility index (Phi) is 5.39. The monoisotopic (exact) mass is 282 g/mol. The maximum absolute atomic E-state index is 12.0. The molecule has 1 heterocycles. The van der Waals surface area contributed by atoms with E-state index < -0.39 is 6.04 Å². The molecule has 1 aromatic rings. The van der Waals surface area contributed by atoms with Crippen LogP contribution in [-0.2, 0) is 10.2 Å². The topological polar surface area (TPSA) is 46.3 Å². The Morgan fingerprint density at radius 3 is 2.58 bits per heavy atom. The number of amides is 1. The average Bonchev–Trinajstić information content (AvgIpc) is 2.39. The molecule has 2 atom stereocenters. The van der Waals surface area contributed by atoms with Crippen LogP contribution in [0.2, 0.25) is 0 Å². The number of hydrogen-bond donors (Lipinski definition) is 1. The molecule has 2 rings (SSSR count). The number of carbonyl (C=O) groups is 1. The minimum absolute atomic E-state index is 0. The first-order chi connectivity index (χ1) is 8.53. The van der Waals surface area contributed by atoms with Gasteiger partial charge in [0.1, 0.15) is 0 Å². The van der Waals surface area contributed by atoms with E-state index in [0.29, 0.717) is 0 Å². The van der Waals surface area contributed by atoms with Crippen LogP contribution in [0.4, 0.5) is 0 Å². The molecule has 106 valence electrons. The minimum Gasteiger partial charge on any atom is -0.340 e. The van der Waals surface area contributed by atoms with E-state index in [1.807, 2.05) is 11.0 Å². The quantitative estimate of drug-likeness (QED) is 0.905. The van der Waals surface area contributed by atoms with E-state index in [9.17, 15) is 4.79 Å². The molecule has 2 N–H and O–H groups in total. The summed E-state index contributed by atoms with van der Waals surface area (Å²) in [6.45, 7) is 5.61. The number of benzene rings is 1. The molecule has 4 heteroatoms. The van der Waals surface area contributed by atoms with Crippen LogP contribution in [0.1, 0.15) is 32.3 Å². The highest BCUT2D eigenvalue weighted by Gasteiger charge is 2.34. The van der Waals surface area contributed by atoms with Gasteiger partial charge < -0.3 is 10.6 Å². The first-order valence-electron chi connectivity index (χ1n) is 6.63. The summed E-state index contributed by atoms with van der Waals surface area (Å²) >= 11 is 0. The minimum atomic E-state index is -0.400. The van der Waals surface area contributed by atoms with Crippen molar-refractivity contribution in [3.8, 4) is 0 Å². The maximum Gasteiger partial charge on any atom is 0.239 e. The molecule has 0 radical (unpaired) electrons. The van der Waals surface area contributed by atoms with Crippen LogP contribution < -0.4 is 5.73 Å². The van der Waals surface area contributed by atoms with Gasteiger partial charge in [0, 0.05) is 18.5 Å². The molecule has 1 saturated heterocycles. The van der Waals surface area contributed by atoms with E-state index in [1.165, 1.54) is 5.56 Å². The number of rotatable bonds is 2. The van der Waals surface area contributed by atoms with Crippen LogP contribution in [0, 0.1) is 0 Å². The van der Waals surface area contributed by atoms with Crippen molar-refractivity contribution in [1.82, 2.24) is 4.90 Å². The fourth-order valence-corrected chi connectivity index (χ4v) is 2.79. The van der Waals surface area contributed by atoms with E-state index >= 15 is 0 Å². The third kappa shape index (κ3) is 3.48. The Bertz CT molecular complexity index is 421. The van der Waals surface area contributed by atoms with Gasteiger partial charge in [0.15, 0.2) is 0 Å². The number of halogens is 1. The zero-order chi connectivity index (χ0) is 13.2. The van der Waals surface area contributed by atoms with Crippen molar-refractivity contribution in [2.75, 3.05) is 13.1 Å². The molecule has 1 aromatic carbocycles. The van der Waals surface area contributed by atoms with Gasteiger partial charge in [-0.15, -0.1) is 12.4 Å². The third-order valence-electron chi connectivity index (χ3n) is 3.87. The summed E-state index contributed by atoms with van der Waals surface area (Å²) in [6, 6.07) is 10.1. The van der Waals surface area contributed by atoms with Gasteiger partial charge in [-0.05, 0) is 25.3 Å². The molecule has 0 aromatic heterocycles. The van der Waals surface area contributed by atoms with Crippen molar-refractivity contribution in [2.45, 2.75) is 38.1 Å². The van der Waals surface area contributed by atoms with E-state index in [4.69, 9.17) is 5.73 Å². The summed E-state index contributed by atoms with van der Waals surface area (Å²) in [7, 11) is 0. The first-order valence-corrected chi connectivity index (χ1v) is 6.63. The molecular weight excluding hydrogens is 260 g/mol. The fraction of sp³-hybridized carbons (Fsp3) is 0.533. The summed E-state index contributed by atoms with van der Waals surface area (Å²) in [4.78, 5) is 13.9. The van der Waals surface area contributed by atoms with Crippen LogP contribution in [0.3, 0.4) is 0 Å². The van der Waals surface area contributed by atoms with E-state index in [1.54, 1.807) is 6.92 Å². The lowest BCUT2D eigenvalue weighted by molar-refractivity contribution is -0.134. The SMILES string of the molecule is C[C@@H](N)C(=O)N1CCCC(C)(c2ccccc2)C1.Cl. The number of piperidine rings is 1. The highest BCUT2D eigenvalue weighted by Crippen LogP contribution is 2.33. The standard InChI is InChI=1S/C15H22N2O.ClH/c1-12(16)14(18)17-10-6-9-15(2,11-17)13-7-4-3-5-8-13;/h3-5,7-8,12H,6,9-11,16H2,1-2H3;1H/t12-,15?;/m1./s1. The summed E-state index contributed by atoms with van der Waals surface area (Å²) in [6.07, 6.45) is 2.17. The molecule has 1 fully saturated rings. The molecule has 0 spiro atoms. The smallest absolute Gasteiger partial charge is 0.239 e. The van der Waals surface area contributed by atoms with Crippen LogP contribution in [0.15, 0.2) is 30.3 Å². The molecule has 0 saturated carbocycles. The lowest BCUT2D eigenvalue weighted by Crippen LogP contribution is -2.51. The van der Waals surface area contributed by atoms with Gasteiger partial charge in [-0.1, -0.05) is 37.3 Å². The van der Waals surface area contributed by atoms with Crippen molar-refractivity contribution in [2.24, 2.45) is 5.73 Å². The highest BCUT2D eigenvalue weighted by atomic mass is 35.5. The molecular formula is C15H23ClN2O. The maximum atomic E-state index is 12.0. The summed E-state index contributed by atoms with van der Waals surface area (Å²) in [5.74, 6) is 0.0665. The van der Waals surface area contributed by atoms with Crippen LogP contribution >= 0.6 is 12.4 Å². The molecule has 3 nitrogen and oxygen atoms in total. The largest absolute Gasteiger partial charge is 0.340 e. The van der Waals surface area contributed by atoms with E-state index in [-0.39, 0.29) is 23.7 Å². The number of carbonyl (C=O) groups excluding carboxylic acids is 1. The molecule has 0 aliphatic carbocycles. The average molecular weight is 283 g/mol. The molecule has 0 bridgehead atoms. The van der Waals surface area contributed by atoms with Crippen LogP contribution in [0.5, 0.6) is 0 Å². The number of nitrogens with two attached hydrogens (primary N) is 1. The number of likely N-dealkylation sites (tertiary alicyclic amines) is 1. The van der Waals surface area contributed by atoms with Crippen molar-refractivity contribution < 1.29 is 4.79 Å². The summed E-state index contributed by atoms with van der Waals surface area (Å²) < 4.78 is 0. The van der Waals surface area contributed by atoms with Crippen LogP contribution in [0.25, 0.3) is 0 Å². The van der Waals surface area contributed by atoms with E-state index in [0.717, 1.165) is 25.9 Å². The Morgan fingerprint density at radius 1 is 1.37 bits per heavy atom. The second kappa shape index (κ2) is 6.40. The molecule has 1 aliphatic heterocycles. The molecule has 1 amide bonds. The van der Waals surface area contributed by atoms with Crippen molar-refractivity contribution >= 4 is 18.3 Å². The fourth-order valence-electron chi connectivity index (χ4n) is 2.79. The van der Waals surface area contributed by atoms with Gasteiger partial charge in [0.05, 0.1) is 6.04 Å². The van der Waals surface area contributed by atoms with Gasteiger partial charge in [-0.3, -0.25) is 4.79 Å². The van der Waals surface area contributed by atoms with Gasteiger partial charge in [0.2, 0.25) is 5.91 Å². The van der Waals surface area contributed by atoms with E-state index in [2.05, 4.69) is 31.2 Å². The van der Waals surface area contributed by atoms with Gasteiger partial charge in [-0.2, -0.15) is 0 Å². The lowest BCUT2D eigenvalue weighted by atomic mass is 9.76. The third-order valence-corrected chi connectivity index (χ3v) is 3.87. The highest BCUT2D eigenvalue weighted by molar-refractivity contribution is 5.85. The Hall–Kier alpha value is -1.06. The predicted molar refractivity (Wildman–Crippen MR) is 80.5 cm³/mol. The van der Waals surface area contributed by atoms with Gasteiger partial charge >= 0.3 is 0 Å². The van der Waals surface area contributed by atoms with Crippen molar-refractivity contribution in [3.63, 3.8) is 0 Å². The Labute approximate surface area is 121 Å². The van der Waals surface area contributed by atoms with Crippen molar-refractivity contribution in [1.29, 1.82) is 0 Å². The normalized spacial score (nSPS) is 24.5. The number of nitrogens with zero attached hydrogens (tertiary/aromatic N) is 1. The predicted octanol–water partition coefficient (Wildman–Crippen LogP) is 2.34.